The van der Waals surface area contributed by atoms with Gasteiger partial charge < -0.3 is 15.2 Å². The third-order valence-corrected chi connectivity index (χ3v) is 4.50. The van der Waals surface area contributed by atoms with Crippen molar-refractivity contribution in [2.45, 2.75) is 13.5 Å². The van der Waals surface area contributed by atoms with Gasteiger partial charge >= 0.3 is 0 Å². The molecule has 27 heavy (non-hydrogen) atoms. The van der Waals surface area contributed by atoms with Crippen molar-refractivity contribution in [2.24, 2.45) is 5.10 Å². The van der Waals surface area contributed by atoms with Gasteiger partial charge in [-0.15, -0.1) is 0 Å². The normalized spacial score (nSPS) is 11.1. The van der Waals surface area contributed by atoms with Crippen molar-refractivity contribution in [3.05, 3.63) is 69.5 Å². The number of aromatic nitrogens is 2. The zero-order chi connectivity index (χ0) is 19.4. The molecule has 0 saturated carbocycles. The number of aryl methyl sites for hydroxylation is 1. The van der Waals surface area contributed by atoms with E-state index in [2.05, 4.69) is 10.1 Å². The lowest BCUT2D eigenvalue weighted by Gasteiger charge is -2.13. The molecule has 1 aromatic heterocycles. The first-order valence-corrected chi connectivity index (χ1v) is 8.83. The van der Waals surface area contributed by atoms with Gasteiger partial charge in [0.25, 0.3) is 0 Å². The summed E-state index contributed by atoms with van der Waals surface area (Å²) in [7, 11) is 1.58. The molecule has 0 spiro atoms. The van der Waals surface area contributed by atoms with E-state index in [-0.39, 0.29) is 6.61 Å². The fourth-order valence-corrected chi connectivity index (χ4v) is 2.94. The molecule has 3 aromatic rings. The van der Waals surface area contributed by atoms with Gasteiger partial charge in [0, 0.05) is 15.6 Å². The van der Waals surface area contributed by atoms with E-state index in [1.807, 2.05) is 19.1 Å². The SMILES string of the molecule is COc1ccc(C=Nn2cc(C)nc2N)cc1OCc1c(Cl)cccc1Cl. The van der Waals surface area contributed by atoms with E-state index in [1.165, 1.54) is 4.68 Å². The van der Waals surface area contributed by atoms with Crippen molar-refractivity contribution >= 4 is 35.4 Å². The fraction of sp³-hybridized carbons (Fsp3) is 0.158. The largest absolute Gasteiger partial charge is 0.493 e. The fourth-order valence-electron chi connectivity index (χ4n) is 2.43. The number of rotatable bonds is 6. The standard InChI is InChI=1S/C19H18Cl2N4O2/c1-12-10-25(19(22)24-12)23-9-13-6-7-17(26-2)18(8-13)27-11-14-15(20)4-3-5-16(14)21/h3-10H,11H2,1-2H3,(H2,22,24). The highest BCUT2D eigenvalue weighted by molar-refractivity contribution is 6.35. The molecule has 0 unspecified atom stereocenters. The maximum absolute atomic E-state index is 6.20. The molecule has 1 heterocycles. The summed E-state index contributed by atoms with van der Waals surface area (Å²) in [6.45, 7) is 2.06. The molecule has 3 rings (SSSR count). The Morgan fingerprint density at radius 1 is 1.19 bits per heavy atom. The van der Waals surface area contributed by atoms with Gasteiger partial charge in [-0.2, -0.15) is 5.10 Å². The minimum atomic E-state index is 0.211. The lowest BCUT2D eigenvalue weighted by Crippen LogP contribution is -2.00. The third kappa shape index (κ3) is 4.53. The predicted octanol–water partition coefficient (Wildman–Crippen LogP) is 4.55. The minimum absolute atomic E-state index is 0.211. The van der Waals surface area contributed by atoms with Crippen LogP contribution < -0.4 is 15.2 Å². The number of halogens is 2. The second kappa shape index (κ2) is 8.33. The first-order chi connectivity index (χ1) is 13.0. The number of nitrogens with two attached hydrogens (primary N) is 1. The van der Waals surface area contributed by atoms with Crippen molar-refractivity contribution in [2.75, 3.05) is 12.8 Å². The highest BCUT2D eigenvalue weighted by atomic mass is 35.5. The van der Waals surface area contributed by atoms with Crippen LogP contribution in [0.3, 0.4) is 0 Å². The molecule has 0 amide bonds. The van der Waals surface area contributed by atoms with Gasteiger partial charge in [0.15, 0.2) is 11.5 Å². The number of benzene rings is 2. The number of ether oxygens (including phenoxy) is 2. The molecule has 0 aliphatic heterocycles. The van der Waals surface area contributed by atoms with E-state index in [9.17, 15) is 0 Å². The zero-order valence-corrected chi connectivity index (χ0v) is 16.3. The van der Waals surface area contributed by atoms with Gasteiger partial charge in [0.05, 0.1) is 25.2 Å². The predicted molar refractivity (Wildman–Crippen MR) is 108 cm³/mol. The molecule has 0 aliphatic rings. The molecule has 0 bridgehead atoms. The summed E-state index contributed by atoms with van der Waals surface area (Å²) in [5.41, 5.74) is 8.10. The summed E-state index contributed by atoms with van der Waals surface area (Å²) in [4.78, 5) is 4.11. The number of methoxy groups -OCH3 is 1. The van der Waals surface area contributed by atoms with Gasteiger partial charge in [0.1, 0.15) is 6.61 Å². The molecule has 0 saturated heterocycles. The summed E-state index contributed by atoms with van der Waals surface area (Å²) < 4.78 is 12.8. The Hall–Kier alpha value is -2.70. The van der Waals surface area contributed by atoms with Crippen molar-refractivity contribution in [1.82, 2.24) is 9.66 Å². The lowest BCUT2D eigenvalue weighted by molar-refractivity contribution is 0.284. The van der Waals surface area contributed by atoms with Crippen LogP contribution in [-0.2, 0) is 6.61 Å². The van der Waals surface area contributed by atoms with Crippen LogP contribution in [0.4, 0.5) is 5.95 Å². The molecule has 0 atom stereocenters. The molecule has 2 aromatic carbocycles. The Morgan fingerprint density at radius 2 is 1.93 bits per heavy atom. The van der Waals surface area contributed by atoms with Crippen molar-refractivity contribution in [1.29, 1.82) is 0 Å². The first kappa shape index (κ1) is 19.1. The Kier molecular flexibility index (Phi) is 5.88. The van der Waals surface area contributed by atoms with Crippen LogP contribution in [0.5, 0.6) is 11.5 Å². The molecule has 0 radical (unpaired) electrons. The summed E-state index contributed by atoms with van der Waals surface area (Å²) >= 11 is 12.4. The summed E-state index contributed by atoms with van der Waals surface area (Å²) in [5, 5.41) is 5.40. The number of imidazole rings is 1. The van der Waals surface area contributed by atoms with E-state index in [0.29, 0.717) is 33.1 Å². The van der Waals surface area contributed by atoms with Crippen LogP contribution >= 0.6 is 23.2 Å². The van der Waals surface area contributed by atoms with E-state index in [4.69, 9.17) is 38.4 Å². The number of hydrogen-bond donors (Lipinski definition) is 1. The minimum Gasteiger partial charge on any atom is -0.493 e. The number of anilines is 1. The van der Waals surface area contributed by atoms with Gasteiger partial charge in [0.2, 0.25) is 5.95 Å². The van der Waals surface area contributed by atoms with Crippen LogP contribution in [0.2, 0.25) is 10.0 Å². The Labute approximate surface area is 167 Å². The summed E-state index contributed by atoms with van der Waals surface area (Å²) in [6, 6.07) is 10.8. The molecule has 6 nitrogen and oxygen atoms in total. The Bertz CT molecular complexity index is 966. The molecular formula is C19H18Cl2N4O2. The van der Waals surface area contributed by atoms with E-state index >= 15 is 0 Å². The van der Waals surface area contributed by atoms with Gasteiger partial charge in [-0.1, -0.05) is 29.3 Å². The van der Waals surface area contributed by atoms with E-state index < -0.39 is 0 Å². The van der Waals surface area contributed by atoms with Crippen molar-refractivity contribution < 1.29 is 9.47 Å². The smallest absolute Gasteiger partial charge is 0.221 e. The summed E-state index contributed by atoms with van der Waals surface area (Å²) in [6.07, 6.45) is 3.40. The average molecular weight is 405 g/mol. The highest BCUT2D eigenvalue weighted by Crippen LogP contribution is 2.31. The molecule has 8 heteroatoms. The highest BCUT2D eigenvalue weighted by Gasteiger charge is 2.10. The second-order valence-electron chi connectivity index (χ2n) is 5.73. The van der Waals surface area contributed by atoms with Crippen LogP contribution in [0, 0.1) is 6.92 Å². The number of nitrogens with zero attached hydrogens (tertiary/aromatic N) is 3. The topological polar surface area (TPSA) is 74.7 Å². The molecule has 0 aliphatic carbocycles. The van der Waals surface area contributed by atoms with Crippen molar-refractivity contribution in [3.63, 3.8) is 0 Å². The van der Waals surface area contributed by atoms with Crippen LogP contribution in [-0.4, -0.2) is 23.0 Å². The van der Waals surface area contributed by atoms with Gasteiger partial charge in [-0.3, -0.25) is 0 Å². The maximum Gasteiger partial charge on any atom is 0.221 e. The Morgan fingerprint density at radius 3 is 2.56 bits per heavy atom. The lowest BCUT2D eigenvalue weighted by atomic mass is 10.2. The number of nitrogen functional groups attached to an aromatic ring is 1. The molecular weight excluding hydrogens is 387 g/mol. The second-order valence-corrected chi connectivity index (χ2v) is 6.54. The Balaban J connectivity index is 1.82. The maximum atomic E-state index is 6.20. The van der Waals surface area contributed by atoms with Gasteiger partial charge in [-0.05, 0) is 42.8 Å². The van der Waals surface area contributed by atoms with Crippen LogP contribution in [0.15, 0.2) is 47.7 Å². The quantitative estimate of drug-likeness (QED) is 0.611. The molecule has 2 N–H and O–H groups in total. The van der Waals surface area contributed by atoms with Gasteiger partial charge in [-0.25, -0.2) is 9.66 Å². The average Bonchev–Trinajstić information content (AvgIpc) is 2.97. The summed E-state index contributed by atoms with van der Waals surface area (Å²) in [5.74, 6) is 1.46. The number of hydrogen-bond acceptors (Lipinski definition) is 5. The van der Waals surface area contributed by atoms with Crippen molar-refractivity contribution in [3.8, 4) is 11.5 Å². The van der Waals surface area contributed by atoms with Crippen LogP contribution in [0.1, 0.15) is 16.8 Å². The van der Waals surface area contributed by atoms with E-state index in [1.54, 1.807) is 43.8 Å². The molecule has 140 valence electrons. The first-order valence-electron chi connectivity index (χ1n) is 8.07. The molecule has 0 fully saturated rings. The monoisotopic (exact) mass is 404 g/mol. The zero-order valence-electron chi connectivity index (χ0n) is 14.8. The third-order valence-electron chi connectivity index (χ3n) is 3.79. The van der Waals surface area contributed by atoms with E-state index in [0.717, 1.165) is 11.3 Å². The van der Waals surface area contributed by atoms with Crippen LogP contribution in [0.25, 0.3) is 0 Å².